The smallest absolute Gasteiger partial charge is 0.242 e. The summed E-state index contributed by atoms with van der Waals surface area (Å²) in [4.78, 5) is 38.5. The minimum absolute atomic E-state index is 0.110. The monoisotopic (exact) mass is 385 g/mol. The molecule has 0 spiro atoms. The van der Waals surface area contributed by atoms with Crippen LogP contribution in [0.4, 0.5) is 5.69 Å². The zero-order valence-corrected chi connectivity index (χ0v) is 15.8. The van der Waals surface area contributed by atoms with E-state index in [1.165, 1.54) is 6.26 Å². The quantitative estimate of drug-likeness (QED) is 0.752. The molecule has 148 valence electrons. The standard InChI is InChI=1S/C20H23N3O5/c1-13(19(25)21-11-17-4-3-9-28-17)22-20(26)14-10-18(24)23(12-14)15-5-7-16(27-2)8-6-15/h3-9,13-14H,10-12H2,1-2H3,(H,21,25)(H,22,26)/t13-,14?/m1/s1. The molecular weight excluding hydrogens is 362 g/mol. The SMILES string of the molecule is COc1ccc(N2CC(C(=O)N[C@H](C)C(=O)NCc3ccco3)CC2=O)cc1. The number of benzene rings is 1. The average molecular weight is 385 g/mol. The van der Waals surface area contributed by atoms with E-state index in [-0.39, 0.29) is 37.2 Å². The summed E-state index contributed by atoms with van der Waals surface area (Å²) in [6, 6.07) is 9.86. The van der Waals surface area contributed by atoms with Crippen LogP contribution < -0.4 is 20.3 Å². The van der Waals surface area contributed by atoms with E-state index in [2.05, 4.69) is 10.6 Å². The number of hydrogen-bond acceptors (Lipinski definition) is 5. The Balaban J connectivity index is 1.52. The van der Waals surface area contributed by atoms with E-state index in [1.54, 1.807) is 55.3 Å². The Morgan fingerprint density at radius 3 is 2.68 bits per heavy atom. The molecule has 2 aromatic rings. The largest absolute Gasteiger partial charge is 0.497 e. The second kappa shape index (κ2) is 8.60. The second-order valence-electron chi connectivity index (χ2n) is 6.63. The molecular formula is C20H23N3O5. The molecule has 1 saturated heterocycles. The van der Waals surface area contributed by atoms with Crippen LogP contribution in [-0.4, -0.2) is 37.4 Å². The minimum Gasteiger partial charge on any atom is -0.497 e. The topological polar surface area (TPSA) is 101 Å². The Labute approximate surface area is 162 Å². The van der Waals surface area contributed by atoms with Crippen LogP contribution in [0.15, 0.2) is 47.1 Å². The third-order valence-corrected chi connectivity index (χ3v) is 4.65. The summed E-state index contributed by atoms with van der Waals surface area (Å²) in [6.45, 7) is 2.13. The fraction of sp³-hybridized carbons (Fsp3) is 0.350. The highest BCUT2D eigenvalue weighted by Crippen LogP contribution is 2.27. The van der Waals surface area contributed by atoms with Crippen molar-refractivity contribution in [2.45, 2.75) is 25.9 Å². The molecule has 0 bridgehead atoms. The first-order chi connectivity index (χ1) is 13.5. The number of furan rings is 1. The highest BCUT2D eigenvalue weighted by atomic mass is 16.5. The van der Waals surface area contributed by atoms with Crippen LogP contribution in [0, 0.1) is 5.92 Å². The number of hydrogen-bond donors (Lipinski definition) is 2. The molecule has 1 aliphatic heterocycles. The molecule has 0 aliphatic carbocycles. The Kier molecular flexibility index (Phi) is 5.98. The predicted octanol–water partition coefficient (Wildman–Crippen LogP) is 1.46. The summed E-state index contributed by atoms with van der Waals surface area (Å²) in [5.41, 5.74) is 0.713. The Morgan fingerprint density at radius 1 is 1.29 bits per heavy atom. The first kappa shape index (κ1) is 19.5. The van der Waals surface area contributed by atoms with E-state index < -0.39 is 12.0 Å². The van der Waals surface area contributed by atoms with E-state index in [0.29, 0.717) is 17.2 Å². The maximum absolute atomic E-state index is 12.5. The van der Waals surface area contributed by atoms with Gasteiger partial charge < -0.3 is 24.7 Å². The van der Waals surface area contributed by atoms with Gasteiger partial charge in [-0.3, -0.25) is 14.4 Å². The summed E-state index contributed by atoms with van der Waals surface area (Å²) >= 11 is 0. The summed E-state index contributed by atoms with van der Waals surface area (Å²) < 4.78 is 10.3. The molecule has 8 heteroatoms. The van der Waals surface area contributed by atoms with Gasteiger partial charge in [-0.2, -0.15) is 0 Å². The summed E-state index contributed by atoms with van der Waals surface area (Å²) in [6.07, 6.45) is 1.64. The van der Waals surface area contributed by atoms with Crippen LogP contribution in [0.1, 0.15) is 19.1 Å². The number of carbonyl (C=O) groups is 3. The van der Waals surface area contributed by atoms with E-state index in [1.807, 2.05) is 0 Å². The first-order valence-corrected chi connectivity index (χ1v) is 9.03. The molecule has 1 aromatic carbocycles. The molecule has 1 aliphatic rings. The van der Waals surface area contributed by atoms with Crippen LogP contribution in [0.2, 0.25) is 0 Å². The van der Waals surface area contributed by atoms with E-state index in [0.717, 1.165) is 0 Å². The van der Waals surface area contributed by atoms with Gasteiger partial charge in [0.2, 0.25) is 17.7 Å². The molecule has 1 aromatic heterocycles. The van der Waals surface area contributed by atoms with Gasteiger partial charge in [0.05, 0.1) is 25.8 Å². The number of nitrogens with zero attached hydrogens (tertiary/aromatic N) is 1. The molecule has 0 saturated carbocycles. The molecule has 1 unspecified atom stereocenters. The van der Waals surface area contributed by atoms with Crippen molar-refractivity contribution in [2.24, 2.45) is 5.92 Å². The predicted molar refractivity (Wildman–Crippen MR) is 102 cm³/mol. The molecule has 28 heavy (non-hydrogen) atoms. The van der Waals surface area contributed by atoms with Gasteiger partial charge in [-0.15, -0.1) is 0 Å². The number of nitrogens with one attached hydrogen (secondary N) is 2. The van der Waals surface area contributed by atoms with Crippen molar-refractivity contribution in [1.29, 1.82) is 0 Å². The summed E-state index contributed by atoms with van der Waals surface area (Å²) in [5, 5.41) is 5.38. The number of rotatable bonds is 7. The van der Waals surface area contributed by atoms with Crippen LogP contribution in [-0.2, 0) is 20.9 Å². The number of carbonyl (C=O) groups excluding carboxylic acids is 3. The van der Waals surface area contributed by atoms with Gasteiger partial charge in [-0.25, -0.2) is 0 Å². The minimum atomic E-state index is -0.715. The third-order valence-electron chi connectivity index (χ3n) is 4.65. The first-order valence-electron chi connectivity index (χ1n) is 9.03. The summed E-state index contributed by atoms with van der Waals surface area (Å²) in [5.74, 6) is 0.0590. The fourth-order valence-corrected chi connectivity index (χ4v) is 3.03. The van der Waals surface area contributed by atoms with Gasteiger partial charge in [0.15, 0.2) is 0 Å². The molecule has 8 nitrogen and oxygen atoms in total. The molecule has 2 N–H and O–H groups in total. The number of amides is 3. The molecule has 0 radical (unpaired) electrons. The van der Waals surface area contributed by atoms with Crippen LogP contribution in [0.5, 0.6) is 5.75 Å². The van der Waals surface area contributed by atoms with Crippen molar-refractivity contribution in [3.8, 4) is 5.75 Å². The number of methoxy groups -OCH3 is 1. The fourth-order valence-electron chi connectivity index (χ4n) is 3.03. The van der Waals surface area contributed by atoms with Crippen LogP contribution >= 0.6 is 0 Å². The van der Waals surface area contributed by atoms with Crippen molar-refractivity contribution in [3.63, 3.8) is 0 Å². The lowest BCUT2D eigenvalue weighted by molar-refractivity contribution is -0.131. The lowest BCUT2D eigenvalue weighted by Crippen LogP contribution is -2.46. The molecule has 3 amide bonds. The van der Waals surface area contributed by atoms with Crippen molar-refractivity contribution >= 4 is 23.4 Å². The zero-order valence-electron chi connectivity index (χ0n) is 15.8. The van der Waals surface area contributed by atoms with Gasteiger partial charge in [0, 0.05) is 18.7 Å². The van der Waals surface area contributed by atoms with Crippen molar-refractivity contribution < 1.29 is 23.5 Å². The van der Waals surface area contributed by atoms with E-state index >= 15 is 0 Å². The molecule has 2 atom stereocenters. The highest BCUT2D eigenvalue weighted by Gasteiger charge is 2.36. The van der Waals surface area contributed by atoms with Crippen molar-refractivity contribution in [2.75, 3.05) is 18.6 Å². The van der Waals surface area contributed by atoms with Gasteiger partial charge in [-0.05, 0) is 43.3 Å². The third kappa shape index (κ3) is 4.51. The summed E-state index contributed by atoms with van der Waals surface area (Å²) in [7, 11) is 1.57. The molecule has 3 rings (SSSR count). The Bertz CT molecular complexity index is 832. The maximum Gasteiger partial charge on any atom is 0.242 e. The van der Waals surface area contributed by atoms with Crippen LogP contribution in [0.3, 0.4) is 0 Å². The van der Waals surface area contributed by atoms with Crippen LogP contribution in [0.25, 0.3) is 0 Å². The Morgan fingerprint density at radius 2 is 2.04 bits per heavy atom. The lowest BCUT2D eigenvalue weighted by Gasteiger charge is -2.18. The van der Waals surface area contributed by atoms with Gasteiger partial charge in [-0.1, -0.05) is 0 Å². The van der Waals surface area contributed by atoms with Gasteiger partial charge >= 0.3 is 0 Å². The van der Waals surface area contributed by atoms with Gasteiger partial charge in [0.25, 0.3) is 0 Å². The molecule has 2 heterocycles. The maximum atomic E-state index is 12.5. The normalized spacial score (nSPS) is 17.3. The lowest BCUT2D eigenvalue weighted by atomic mass is 10.1. The van der Waals surface area contributed by atoms with Crippen molar-refractivity contribution in [3.05, 3.63) is 48.4 Å². The second-order valence-corrected chi connectivity index (χ2v) is 6.63. The number of anilines is 1. The number of ether oxygens (including phenoxy) is 1. The van der Waals surface area contributed by atoms with Gasteiger partial charge in [0.1, 0.15) is 17.6 Å². The molecule has 1 fully saturated rings. The van der Waals surface area contributed by atoms with Crippen molar-refractivity contribution in [1.82, 2.24) is 10.6 Å². The Hall–Kier alpha value is -3.29. The average Bonchev–Trinajstić information content (AvgIpc) is 3.35. The van der Waals surface area contributed by atoms with E-state index in [9.17, 15) is 14.4 Å². The van der Waals surface area contributed by atoms with E-state index in [4.69, 9.17) is 9.15 Å². The highest BCUT2D eigenvalue weighted by molar-refractivity contribution is 6.01. The zero-order chi connectivity index (χ0) is 20.1.